The lowest BCUT2D eigenvalue weighted by Crippen LogP contribution is -2.58. The first-order chi connectivity index (χ1) is 11.2. The molecule has 3 aliphatic carbocycles. The first-order valence-corrected chi connectivity index (χ1v) is 7.84. The number of rotatable bonds is 2. The predicted octanol–water partition coefficient (Wildman–Crippen LogP) is 3.06. The Balaban J connectivity index is 1.80. The molecule has 0 radical (unpaired) electrons. The molecule has 0 unspecified atom stereocenters. The van der Waals surface area contributed by atoms with Crippen LogP contribution in [0.25, 0.3) is 22.2 Å². The minimum atomic E-state index is 0.196. The van der Waals surface area contributed by atoms with E-state index >= 15 is 0 Å². The van der Waals surface area contributed by atoms with E-state index in [9.17, 15) is 5.26 Å². The summed E-state index contributed by atoms with van der Waals surface area (Å²) in [5.41, 5.74) is 9.31. The molecule has 0 aliphatic heterocycles. The predicted molar refractivity (Wildman–Crippen MR) is 87.4 cm³/mol. The minimum absolute atomic E-state index is 0.196. The Morgan fingerprint density at radius 1 is 1.26 bits per heavy atom. The number of hydrogen-bond donors (Lipinski definition) is 1. The molecular formula is C18H15N5. The number of fused-ring (bicyclic) bond motifs is 1. The number of hydrogen-bond acceptors (Lipinski definition) is 4. The lowest BCUT2D eigenvalue weighted by atomic mass is 9.49. The summed E-state index contributed by atoms with van der Waals surface area (Å²) in [4.78, 5) is 8.29. The molecule has 6 rings (SSSR count). The second-order valence-corrected chi connectivity index (χ2v) is 6.73. The van der Waals surface area contributed by atoms with Crippen molar-refractivity contribution in [2.45, 2.75) is 24.8 Å². The van der Waals surface area contributed by atoms with Gasteiger partial charge in [0.2, 0.25) is 5.95 Å². The summed E-state index contributed by atoms with van der Waals surface area (Å²) >= 11 is 0. The number of anilines is 1. The van der Waals surface area contributed by atoms with Crippen molar-refractivity contribution < 1.29 is 0 Å². The van der Waals surface area contributed by atoms with Crippen molar-refractivity contribution in [2.24, 2.45) is 5.92 Å². The number of nitrogens with zero attached hydrogens (tertiary/aromatic N) is 4. The maximum Gasteiger partial charge on any atom is 0.220 e. The van der Waals surface area contributed by atoms with E-state index in [4.69, 9.17) is 5.73 Å². The van der Waals surface area contributed by atoms with Crippen LogP contribution >= 0.6 is 0 Å². The monoisotopic (exact) mass is 301 g/mol. The molecule has 1 aromatic carbocycles. The van der Waals surface area contributed by atoms with E-state index in [1.165, 1.54) is 31.0 Å². The van der Waals surface area contributed by atoms with Crippen LogP contribution in [-0.4, -0.2) is 14.5 Å². The quantitative estimate of drug-likeness (QED) is 0.788. The molecule has 112 valence electrons. The Labute approximate surface area is 133 Å². The molecule has 23 heavy (non-hydrogen) atoms. The van der Waals surface area contributed by atoms with Gasteiger partial charge in [0.05, 0.1) is 17.5 Å². The van der Waals surface area contributed by atoms with Gasteiger partial charge in [0.15, 0.2) is 0 Å². The Bertz CT molecular complexity index is 977. The van der Waals surface area contributed by atoms with E-state index in [0.717, 1.165) is 16.9 Å². The molecule has 5 heteroatoms. The number of benzene rings is 1. The van der Waals surface area contributed by atoms with Gasteiger partial charge >= 0.3 is 0 Å². The SMILES string of the molecule is N#Cc1cnc(N)nc1-c1cn(C23CC(C2)C3)c2ccccc12. The van der Waals surface area contributed by atoms with Crippen molar-refractivity contribution in [3.8, 4) is 17.3 Å². The van der Waals surface area contributed by atoms with Crippen LogP contribution in [0.3, 0.4) is 0 Å². The Morgan fingerprint density at radius 3 is 2.74 bits per heavy atom. The summed E-state index contributed by atoms with van der Waals surface area (Å²) in [6, 6.07) is 10.5. The van der Waals surface area contributed by atoms with Gasteiger partial charge in [0.1, 0.15) is 6.07 Å². The molecule has 2 heterocycles. The summed E-state index contributed by atoms with van der Waals surface area (Å²) in [5, 5.41) is 10.5. The first kappa shape index (κ1) is 12.7. The Kier molecular flexibility index (Phi) is 2.26. The molecule has 0 amide bonds. The largest absolute Gasteiger partial charge is 0.368 e. The fourth-order valence-corrected chi connectivity index (χ4v) is 4.17. The van der Waals surface area contributed by atoms with Crippen molar-refractivity contribution in [1.82, 2.24) is 14.5 Å². The Morgan fingerprint density at radius 2 is 2.04 bits per heavy atom. The van der Waals surface area contributed by atoms with E-state index in [1.54, 1.807) is 0 Å². The average molecular weight is 301 g/mol. The van der Waals surface area contributed by atoms with E-state index in [-0.39, 0.29) is 11.5 Å². The highest BCUT2D eigenvalue weighted by atomic mass is 15.1. The van der Waals surface area contributed by atoms with E-state index < -0.39 is 0 Å². The zero-order valence-electron chi connectivity index (χ0n) is 12.5. The van der Waals surface area contributed by atoms with E-state index in [1.807, 2.05) is 6.07 Å². The lowest BCUT2D eigenvalue weighted by Gasteiger charge is -2.62. The van der Waals surface area contributed by atoms with Gasteiger partial charge in [-0.15, -0.1) is 0 Å². The van der Waals surface area contributed by atoms with Gasteiger partial charge in [0.25, 0.3) is 0 Å². The molecule has 3 aliphatic rings. The highest BCUT2D eigenvalue weighted by Crippen LogP contribution is 2.63. The van der Waals surface area contributed by atoms with Crippen molar-refractivity contribution in [2.75, 3.05) is 5.73 Å². The molecule has 3 fully saturated rings. The first-order valence-electron chi connectivity index (χ1n) is 7.84. The zero-order chi connectivity index (χ0) is 15.6. The third kappa shape index (κ3) is 1.55. The maximum absolute atomic E-state index is 9.40. The number of nitrogens with two attached hydrogens (primary N) is 1. The van der Waals surface area contributed by atoms with Crippen LogP contribution < -0.4 is 5.73 Å². The van der Waals surface area contributed by atoms with Crippen molar-refractivity contribution in [3.05, 3.63) is 42.2 Å². The molecule has 0 spiro atoms. The summed E-state index contributed by atoms with van der Waals surface area (Å²) < 4.78 is 2.40. The lowest BCUT2D eigenvalue weighted by molar-refractivity contribution is -0.0854. The molecule has 0 atom stereocenters. The van der Waals surface area contributed by atoms with Crippen LogP contribution in [-0.2, 0) is 5.54 Å². The third-order valence-electron chi connectivity index (χ3n) is 5.41. The maximum atomic E-state index is 9.40. The fraction of sp³-hybridized carbons (Fsp3) is 0.278. The van der Waals surface area contributed by atoms with Crippen LogP contribution in [0.2, 0.25) is 0 Å². The second kappa shape index (κ2) is 4.11. The average Bonchev–Trinajstić information content (AvgIpc) is 2.84. The van der Waals surface area contributed by atoms with E-state index in [2.05, 4.69) is 45.0 Å². The summed E-state index contributed by atoms with van der Waals surface area (Å²) in [6.07, 6.45) is 7.46. The second-order valence-electron chi connectivity index (χ2n) is 6.73. The van der Waals surface area contributed by atoms with Crippen LogP contribution in [0, 0.1) is 17.2 Å². The molecule has 2 N–H and O–H groups in total. The van der Waals surface area contributed by atoms with Gasteiger partial charge < -0.3 is 10.3 Å². The zero-order valence-corrected chi connectivity index (χ0v) is 12.5. The smallest absolute Gasteiger partial charge is 0.220 e. The number of para-hydroxylation sites is 1. The van der Waals surface area contributed by atoms with Crippen molar-refractivity contribution >= 4 is 16.9 Å². The van der Waals surface area contributed by atoms with Crippen molar-refractivity contribution in [1.29, 1.82) is 5.26 Å². The van der Waals surface area contributed by atoms with Gasteiger partial charge in [-0.3, -0.25) is 0 Å². The molecule has 2 aromatic heterocycles. The number of nitriles is 1. The van der Waals surface area contributed by atoms with Crippen LogP contribution in [0.5, 0.6) is 0 Å². The number of nitrogen functional groups attached to an aromatic ring is 1. The minimum Gasteiger partial charge on any atom is -0.368 e. The normalized spacial score (nSPS) is 24.7. The molecule has 3 saturated carbocycles. The Hall–Kier alpha value is -2.87. The molecule has 2 bridgehead atoms. The molecule has 5 nitrogen and oxygen atoms in total. The van der Waals surface area contributed by atoms with Gasteiger partial charge in [0, 0.05) is 28.2 Å². The topological polar surface area (TPSA) is 80.5 Å². The molecular weight excluding hydrogens is 286 g/mol. The number of aromatic nitrogens is 3. The molecule has 0 saturated heterocycles. The van der Waals surface area contributed by atoms with Gasteiger partial charge in [-0.2, -0.15) is 5.26 Å². The van der Waals surface area contributed by atoms with Crippen LogP contribution in [0.15, 0.2) is 36.7 Å². The van der Waals surface area contributed by atoms with Crippen molar-refractivity contribution in [3.63, 3.8) is 0 Å². The van der Waals surface area contributed by atoms with Crippen LogP contribution in [0.4, 0.5) is 5.95 Å². The van der Waals surface area contributed by atoms with E-state index in [0.29, 0.717) is 11.3 Å². The highest BCUT2D eigenvalue weighted by molar-refractivity contribution is 5.96. The van der Waals surface area contributed by atoms with Gasteiger partial charge in [-0.1, -0.05) is 18.2 Å². The summed E-state index contributed by atoms with van der Waals surface area (Å²) in [6.45, 7) is 0. The highest BCUT2D eigenvalue weighted by Gasteiger charge is 2.58. The summed E-state index contributed by atoms with van der Waals surface area (Å²) in [7, 11) is 0. The standard InChI is InChI=1S/C18H15N5/c19-8-12-9-21-17(20)22-16(12)14-10-23(18-5-11(6-18)7-18)15-4-2-1-3-13(14)15/h1-4,9-11H,5-7H2,(H2,20,21,22). The third-order valence-corrected chi connectivity index (χ3v) is 5.41. The summed E-state index contributed by atoms with van der Waals surface area (Å²) in [5.74, 6) is 1.10. The van der Waals surface area contributed by atoms with Gasteiger partial charge in [-0.05, 0) is 31.2 Å². The van der Waals surface area contributed by atoms with Crippen LogP contribution in [0.1, 0.15) is 24.8 Å². The van der Waals surface area contributed by atoms with Gasteiger partial charge in [-0.25, -0.2) is 9.97 Å². The molecule has 3 aromatic rings. The fourth-order valence-electron chi connectivity index (χ4n) is 4.17.